The fourth-order valence-electron chi connectivity index (χ4n) is 1.62. The van der Waals surface area contributed by atoms with E-state index in [9.17, 15) is 0 Å². The predicted molar refractivity (Wildman–Crippen MR) is 74.1 cm³/mol. The monoisotopic (exact) mass is 351 g/mol. The van der Waals surface area contributed by atoms with Crippen molar-refractivity contribution in [2.24, 2.45) is 0 Å². The minimum Gasteiger partial charge on any atom is -0.366 e. The van der Waals surface area contributed by atoms with Crippen LogP contribution in [0.2, 0.25) is 0 Å². The number of halogens is 2. The second-order valence-electron chi connectivity index (χ2n) is 3.65. The van der Waals surface area contributed by atoms with Gasteiger partial charge in [0.15, 0.2) is 0 Å². The molecule has 1 unspecified atom stereocenters. The molecular formula is C10H11BrClN3O2S. The summed E-state index contributed by atoms with van der Waals surface area (Å²) in [6.07, 6.45) is -0.131. The summed E-state index contributed by atoms with van der Waals surface area (Å²) in [5.41, 5.74) is 0. The third-order valence-electron chi connectivity index (χ3n) is 2.43. The van der Waals surface area contributed by atoms with Crippen LogP contribution in [-0.2, 0) is 4.74 Å². The van der Waals surface area contributed by atoms with Gasteiger partial charge in [0.1, 0.15) is 6.10 Å². The van der Waals surface area contributed by atoms with Crippen LogP contribution in [0.1, 0.15) is 12.0 Å². The molecule has 1 atom stereocenters. The van der Waals surface area contributed by atoms with Gasteiger partial charge in [0.2, 0.25) is 5.82 Å². The molecule has 0 aromatic carbocycles. The van der Waals surface area contributed by atoms with Gasteiger partial charge in [0.05, 0.1) is 11.5 Å². The lowest BCUT2D eigenvalue weighted by molar-refractivity contribution is 0.00755. The summed E-state index contributed by atoms with van der Waals surface area (Å²) in [7, 11) is 0. The number of nitrogens with one attached hydrogen (secondary N) is 1. The molecule has 98 valence electrons. The van der Waals surface area contributed by atoms with Gasteiger partial charge < -0.3 is 14.6 Å². The van der Waals surface area contributed by atoms with Crippen molar-refractivity contribution in [3.8, 4) is 10.7 Å². The molecule has 3 heterocycles. The van der Waals surface area contributed by atoms with E-state index in [-0.39, 0.29) is 18.5 Å². The largest absolute Gasteiger partial charge is 0.366 e. The maximum Gasteiger partial charge on any atom is 0.257 e. The Morgan fingerprint density at radius 1 is 1.50 bits per heavy atom. The Kier molecular flexibility index (Phi) is 4.74. The molecule has 1 N–H and O–H groups in total. The number of aromatic nitrogens is 2. The topological polar surface area (TPSA) is 60.2 Å². The fourth-order valence-corrected chi connectivity index (χ4v) is 2.97. The number of morpholine rings is 1. The standard InChI is InChI=1S/C10H10BrN3O2S.ClH/c11-6-3-8(17-5-6)9-13-10(16-14-9)7-4-12-1-2-15-7;/h3,5,7,12H,1-2,4H2;1H. The zero-order valence-corrected chi connectivity index (χ0v) is 12.5. The van der Waals surface area contributed by atoms with E-state index in [1.807, 2.05) is 11.4 Å². The summed E-state index contributed by atoms with van der Waals surface area (Å²) < 4.78 is 11.8. The van der Waals surface area contributed by atoms with Gasteiger partial charge in [-0.2, -0.15) is 4.98 Å². The Labute approximate surface area is 122 Å². The molecule has 0 bridgehead atoms. The molecule has 2 aromatic heterocycles. The highest BCUT2D eigenvalue weighted by atomic mass is 79.9. The van der Waals surface area contributed by atoms with Crippen LogP contribution in [0.5, 0.6) is 0 Å². The van der Waals surface area contributed by atoms with Crippen molar-refractivity contribution >= 4 is 39.7 Å². The van der Waals surface area contributed by atoms with Gasteiger partial charge >= 0.3 is 0 Å². The van der Waals surface area contributed by atoms with E-state index >= 15 is 0 Å². The summed E-state index contributed by atoms with van der Waals surface area (Å²) in [5.74, 6) is 1.15. The smallest absolute Gasteiger partial charge is 0.257 e. The van der Waals surface area contributed by atoms with E-state index in [0.29, 0.717) is 18.3 Å². The first-order valence-electron chi connectivity index (χ1n) is 5.23. The second-order valence-corrected chi connectivity index (χ2v) is 5.48. The van der Waals surface area contributed by atoms with E-state index in [4.69, 9.17) is 9.26 Å². The van der Waals surface area contributed by atoms with Crippen molar-refractivity contribution in [2.75, 3.05) is 19.7 Å². The van der Waals surface area contributed by atoms with Gasteiger partial charge in [-0.3, -0.25) is 0 Å². The minimum atomic E-state index is -0.131. The molecule has 0 saturated carbocycles. The molecule has 1 fully saturated rings. The summed E-state index contributed by atoms with van der Waals surface area (Å²) in [6.45, 7) is 2.26. The van der Waals surface area contributed by atoms with Crippen molar-refractivity contribution in [2.45, 2.75) is 6.10 Å². The molecule has 3 rings (SSSR count). The number of thiophene rings is 1. The first-order chi connectivity index (χ1) is 8.33. The van der Waals surface area contributed by atoms with Gasteiger partial charge in [-0.1, -0.05) is 5.16 Å². The van der Waals surface area contributed by atoms with Crippen molar-refractivity contribution in [1.82, 2.24) is 15.5 Å². The molecule has 1 saturated heterocycles. The summed E-state index contributed by atoms with van der Waals surface area (Å²) in [5, 5.41) is 9.19. The van der Waals surface area contributed by atoms with Crippen LogP contribution in [-0.4, -0.2) is 29.8 Å². The zero-order chi connectivity index (χ0) is 11.7. The first kappa shape index (κ1) is 14.0. The van der Waals surface area contributed by atoms with Crippen LogP contribution < -0.4 is 5.32 Å². The molecule has 0 amide bonds. The Morgan fingerprint density at radius 2 is 2.39 bits per heavy atom. The Morgan fingerprint density at radius 3 is 3.06 bits per heavy atom. The van der Waals surface area contributed by atoms with Crippen LogP contribution >= 0.6 is 39.7 Å². The Hall–Kier alpha value is -0.470. The zero-order valence-electron chi connectivity index (χ0n) is 9.26. The lowest BCUT2D eigenvalue weighted by atomic mass is 10.3. The van der Waals surface area contributed by atoms with E-state index in [0.717, 1.165) is 22.4 Å². The van der Waals surface area contributed by atoms with Crippen LogP contribution in [0.25, 0.3) is 10.7 Å². The maximum absolute atomic E-state index is 5.55. The number of hydrogen-bond acceptors (Lipinski definition) is 6. The number of ether oxygens (including phenoxy) is 1. The third kappa shape index (κ3) is 2.92. The van der Waals surface area contributed by atoms with E-state index in [2.05, 4.69) is 31.4 Å². The fraction of sp³-hybridized carbons (Fsp3) is 0.400. The number of hydrogen-bond donors (Lipinski definition) is 1. The molecule has 0 radical (unpaired) electrons. The lowest BCUT2D eigenvalue weighted by Gasteiger charge is -2.19. The van der Waals surface area contributed by atoms with Crippen LogP contribution in [0.3, 0.4) is 0 Å². The molecule has 1 aliphatic rings. The molecule has 2 aromatic rings. The highest BCUT2D eigenvalue weighted by Gasteiger charge is 2.22. The van der Waals surface area contributed by atoms with Crippen molar-refractivity contribution in [1.29, 1.82) is 0 Å². The maximum atomic E-state index is 5.55. The first-order valence-corrected chi connectivity index (χ1v) is 6.90. The van der Waals surface area contributed by atoms with Gasteiger partial charge in [0.25, 0.3) is 5.89 Å². The normalized spacial score (nSPS) is 19.5. The minimum absolute atomic E-state index is 0. The van der Waals surface area contributed by atoms with Gasteiger partial charge in [-0.25, -0.2) is 0 Å². The Bertz CT molecular complexity index is 513. The molecule has 5 nitrogen and oxygen atoms in total. The SMILES string of the molecule is Brc1csc(-c2noc(C3CNCCO3)n2)c1.Cl. The summed E-state index contributed by atoms with van der Waals surface area (Å²) in [6, 6.07) is 1.97. The lowest BCUT2D eigenvalue weighted by Crippen LogP contribution is -2.33. The van der Waals surface area contributed by atoms with E-state index in [1.165, 1.54) is 0 Å². The van der Waals surface area contributed by atoms with Crippen molar-refractivity contribution in [3.63, 3.8) is 0 Å². The van der Waals surface area contributed by atoms with Gasteiger partial charge in [0, 0.05) is 22.9 Å². The number of nitrogens with zero attached hydrogens (tertiary/aromatic N) is 2. The highest BCUT2D eigenvalue weighted by molar-refractivity contribution is 9.10. The third-order valence-corrected chi connectivity index (χ3v) is 4.12. The van der Waals surface area contributed by atoms with Crippen molar-refractivity contribution in [3.05, 3.63) is 21.8 Å². The molecule has 0 aliphatic carbocycles. The molecule has 1 aliphatic heterocycles. The average Bonchev–Trinajstić information content (AvgIpc) is 2.98. The van der Waals surface area contributed by atoms with Gasteiger partial charge in [-0.15, -0.1) is 23.7 Å². The number of rotatable bonds is 2. The predicted octanol–water partition coefficient (Wildman–Crippen LogP) is 2.64. The summed E-state index contributed by atoms with van der Waals surface area (Å²) in [4.78, 5) is 5.35. The molecule has 0 spiro atoms. The van der Waals surface area contributed by atoms with Crippen LogP contribution in [0.15, 0.2) is 20.4 Å². The summed E-state index contributed by atoms with van der Waals surface area (Å²) >= 11 is 4.98. The van der Waals surface area contributed by atoms with Gasteiger partial charge in [-0.05, 0) is 22.0 Å². The quantitative estimate of drug-likeness (QED) is 0.900. The highest BCUT2D eigenvalue weighted by Crippen LogP contribution is 2.29. The van der Waals surface area contributed by atoms with E-state index < -0.39 is 0 Å². The van der Waals surface area contributed by atoms with Crippen molar-refractivity contribution < 1.29 is 9.26 Å². The molecular weight excluding hydrogens is 342 g/mol. The van der Waals surface area contributed by atoms with Crippen LogP contribution in [0.4, 0.5) is 0 Å². The second kappa shape index (κ2) is 6.12. The molecule has 8 heteroatoms. The molecule has 18 heavy (non-hydrogen) atoms. The average molecular weight is 353 g/mol. The van der Waals surface area contributed by atoms with E-state index in [1.54, 1.807) is 11.3 Å². The Balaban J connectivity index is 0.00000120. The van der Waals surface area contributed by atoms with Crippen LogP contribution in [0, 0.1) is 0 Å².